The van der Waals surface area contributed by atoms with Crippen molar-refractivity contribution in [3.63, 3.8) is 0 Å². The molecule has 1 aromatic carbocycles. The molecule has 1 amide bonds. The first-order valence-electron chi connectivity index (χ1n) is 6.49. The molecule has 104 valence electrons. The van der Waals surface area contributed by atoms with Crippen LogP contribution in [0.3, 0.4) is 0 Å². The Morgan fingerprint density at radius 1 is 1.40 bits per heavy atom. The van der Waals surface area contributed by atoms with Crippen molar-refractivity contribution in [2.75, 3.05) is 13.6 Å². The summed E-state index contributed by atoms with van der Waals surface area (Å²) in [4.78, 5) is 25.7. The third-order valence-corrected chi connectivity index (χ3v) is 3.15. The van der Waals surface area contributed by atoms with Gasteiger partial charge < -0.3 is 4.90 Å². The smallest absolute Gasteiger partial charge is 0.274 e. The topological polar surface area (TPSA) is 66.1 Å². The van der Waals surface area contributed by atoms with Gasteiger partial charge in [0.25, 0.3) is 11.5 Å². The highest BCUT2D eigenvalue weighted by Gasteiger charge is 2.17. The fourth-order valence-electron chi connectivity index (χ4n) is 2.03. The molecule has 0 fully saturated rings. The summed E-state index contributed by atoms with van der Waals surface area (Å²) in [6.45, 7) is 4.28. The highest BCUT2D eigenvalue weighted by Crippen LogP contribution is 2.14. The van der Waals surface area contributed by atoms with Crippen LogP contribution in [0, 0.1) is 0 Å². The van der Waals surface area contributed by atoms with E-state index in [0.29, 0.717) is 17.3 Å². The van der Waals surface area contributed by atoms with Gasteiger partial charge in [-0.15, -0.1) is 6.58 Å². The van der Waals surface area contributed by atoms with Gasteiger partial charge >= 0.3 is 0 Å². The Morgan fingerprint density at radius 2 is 2.10 bits per heavy atom. The molecule has 5 nitrogen and oxygen atoms in total. The fraction of sp³-hybridized carbons (Fsp3) is 0.267. The molecule has 0 aliphatic heterocycles. The van der Waals surface area contributed by atoms with Gasteiger partial charge in [-0.05, 0) is 18.9 Å². The second-order valence-electron chi connectivity index (χ2n) is 4.60. The van der Waals surface area contributed by atoms with Gasteiger partial charge in [-0.1, -0.05) is 24.3 Å². The molecule has 0 saturated heterocycles. The van der Waals surface area contributed by atoms with Crippen LogP contribution in [0.15, 0.2) is 41.7 Å². The Kier molecular flexibility index (Phi) is 4.30. The third kappa shape index (κ3) is 2.77. The van der Waals surface area contributed by atoms with E-state index in [0.717, 1.165) is 12.8 Å². The average molecular weight is 271 g/mol. The molecular weight excluding hydrogens is 254 g/mol. The Bertz CT molecular complexity index is 691. The SMILES string of the molecule is C=CCCCN(C)C(=O)c1n[nH]c(=O)c2ccccc12. The largest absolute Gasteiger partial charge is 0.340 e. The lowest BCUT2D eigenvalue weighted by Crippen LogP contribution is -2.29. The van der Waals surface area contributed by atoms with E-state index in [1.807, 2.05) is 6.08 Å². The molecule has 1 heterocycles. The molecule has 0 saturated carbocycles. The van der Waals surface area contributed by atoms with Crippen molar-refractivity contribution in [3.8, 4) is 0 Å². The first kappa shape index (κ1) is 14.0. The van der Waals surface area contributed by atoms with E-state index in [2.05, 4.69) is 16.8 Å². The van der Waals surface area contributed by atoms with Gasteiger partial charge in [0.1, 0.15) is 0 Å². The molecule has 20 heavy (non-hydrogen) atoms. The predicted octanol–water partition coefficient (Wildman–Crippen LogP) is 1.96. The lowest BCUT2D eigenvalue weighted by molar-refractivity contribution is 0.0789. The van der Waals surface area contributed by atoms with Crippen molar-refractivity contribution in [2.45, 2.75) is 12.8 Å². The van der Waals surface area contributed by atoms with Crippen LogP contribution in [-0.2, 0) is 0 Å². The number of amides is 1. The number of unbranched alkanes of at least 4 members (excludes halogenated alkanes) is 1. The second kappa shape index (κ2) is 6.14. The average Bonchev–Trinajstić information content (AvgIpc) is 2.47. The summed E-state index contributed by atoms with van der Waals surface area (Å²) in [6, 6.07) is 6.98. The maximum absolute atomic E-state index is 12.4. The number of benzene rings is 1. The number of hydrogen-bond donors (Lipinski definition) is 1. The number of H-pyrrole nitrogens is 1. The molecule has 2 aromatic rings. The van der Waals surface area contributed by atoms with E-state index in [9.17, 15) is 9.59 Å². The monoisotopic (exact) mass is 271 g/mol. The van der Waals surface area contributed by atoms with E-state index in [1.54, 1.807) is 36.2 Å². The van der Waals surface area contributed by atoms with Crippen LogP contribution >= 0.6 is 0 Å². The molecule has 0 aliphatic rings. The van der Waals surface area contributed by atoms with Crippen molar-refractivity contribution >= 4 is 16.7 Å². The zero-order chi connectivity index (χ0) is 14.5. The van der Waals surface area contributed by atoms with Gasteiger partial charge in [-0.3, -0.25) is 9.59 Å². The minimum absolute atomic E-state index is 0.193. The quantitative estimate of drug-likeness (QED) is 0.667. The summed E-state index contributed by atoms with van der Waals surface area (Å²) < 4.78 is 0. The normalized spacial score (nSPS) is 10.4. The summed E-state index contributed by atoms with van der Waals surface area (Å²) in [7, 11) is 1.73. The van der Waals surface area contributed by atoms with Crippen molar-refractivity contribution in [1.29, 1.82) is 0 Å². The minimum Gasteiger partial charge on any atom is -0.340 e. The molecule has 0 atom stereocenters. The predicted molar refractivity (Wildman–Crippen MR) is 78.8 cm³/mol. The van der Waals surface area contributed by atoms with E-state index >= 15 is 0 Å². The summed E-state index contributed by atoms with van der Waals surface area (Å²) in [5, 5.41) is 7.34. The Morgan fingerprint density at radius 3 is 2.80 bits per heavy atom. The highest BCUT2D eigenvalue weighted by atomic mass is 16.2. The zero-order valence-electron chi connectivity index (χ0n) is 11.4. The zero-order valence-corrected chi connectivity index (χ0v) is 11.4. The number of allylic oxidation sites excluding steroid dienone is 1. The molecule has 1 N–H and O–H groups in total. The molecule has 0 bridgehead atoms. The summed E-state index contributed by atoms with van der Waals surface area (Å²) in [5.41, 5.74) is -0.00670. The number of aromatic amines is 1. The van der Waals surface area contributed by atoms with Crippen LogP contribution in [-0.4, -0.2) is 34.6 Å². The standard InChI is InChI=1S/C15H17N3O2/c1-3-4-7-10-18(2)15(20)13-11-8-5-6-9-12(11)14(19)17-16-13/h3,5-6,8-9H,1,4,7,10H2,2H3,(H,17,19). The van der Waals surface area contributed by atoms with Crippen LogP contribution in [0.4, 0.5) is 0 Å². The van der Waals surface area contributed by atoms with Crippen LogP contribution in [0.25, 0.3) is 10.8 Å². The van der Waals surface area contributed by atoms with Gasteiger partial charge in [0.15, 0.2) is 5.69 Å². The number of aromatic nitrogens is 2. The van der Waals surface area contributed by atoms with Crippen LogP contribution < -0.4 is 5.56 Å². The van der Waals surface area contributed by atoms with Gasteiger partial charge in [0, 0.05) is 19.0 Å². The van der Waals surface area contributed by atoms with Gasteiger partial charge in [-0.25, -0.2) is 5.10 Å². The highest BCUT2D eigenvalue weighted by molar-refractivity contribution is 6.04. The Labute approximate surface area is 116 Å². The van der Waals surface area contributed by atoms with Gasteiger partial charge in [-0.2, -0.15) is 5.10 Å². The van der Waals surface area contributed by atoms with Crippen molar-refractivity contribution < 1.29 is 4.79 Å². The maximum Gasteiger partial charge on any atom is 0.274 e. The van der Waals surface area contributed by atoms with Crippen molar-refractivity contribution in [1.82, 2.24) is 15.1 Å². The van der Waals surface area contributed by atoms with E-state index < -0.39 is 0 Å². The number of hydrogen-bond acceptors (Lipinski definition) is 3. The summed E-state index contributed by atoms with van der Waals surface area (Å²) in [5.74, 6) is -0.193. The molecule has 1 aromatic heterocycles. The molecule has 2 rings (SSSR count). The summed E-state index contributed by atoms with van der Waals surface area (Å²) in [6.07, 6.45) is 3.54. The fourth-order valence-corrected chi connectivity index (χ4v) is 2.03. The first-order valence-corrected chi connectivity index (χ1v) is 6.49. The van der Waals surface area contributed by atoms with Crippen LogP contribution in [0.5, 0.6) is 0 Å². The Balaban J connectivity index is 2.33. The number of nitrogens with one attached hydrogen (secondary N) is 1. The number of rotatable bonds is 5. The van der Waals surface area contributed by atoms with Gasteiger partial charge in [0.2, 0.25) is 0 Å². The second-order valence-corrected chi connectivity index (χ2v) is 4.60. The van der Waals surface area contributed by atoms with Gasteiger partial charge in [0.05, 0.1) is 5.39 Å². The summed E-state index contributed by atoms with van der Waals surface area (Å²) >= 11 is 0. The Hall–Kier alpha value is -2.43. The van der Waals surface area contributed by atoms with Crippen LogP contribution in [0.2, 0.25) is 0 Å². The maximum atomic E-state index is 12.4. The van der Waals surface area contributed by atoms with E-state index in [-0.39, 0.29) is 17.2 Å². The molecule has 0 aliphatic carbocycles. The molecule has 0 spiro atoms. The molecule has 5 heteroatoms. The third-order valence-electron chi connectivity index (χ3n) is 3.15. The number of carbonyl (C=O) groups excluding carboxylic acids is 1. The molecule has 0 radical (unpaired) electrons. The lowest BCUT2D eigenvalue weighted by Gasteiger charge is -2.16. The molecular formula is C15H17N3O2. The van der Waals surface area contributed by atoms with Crippen molar-refractivity contribution in [3.05, 3.63) is 53.0 Å². The van der Waals surface area contributed by atoms with E-state index in [4.69, 9.17) is 0 Å². The van der Waals surface area contributed by atoms with Crippen molar-refractivity contribution in [2.24, 2.45) is 0 Å². The number of fused-ring (bicyclic) bond motifs is 1. The number of nitrogens with zero attached hydrogens (tertiary/aromatic N) is 2. The first-order chi connectivity index (χ1) is 9.65. The molecule has 0 unspecified atom stereocenters. The minimum atomic E-state index is -0.286. The number of carbonyl (C=O) groups is 1. The van der Waals surface area contributed by atoms with E-state index in [1.165, 1.54) is 0 Å². The lowest BCUT2D eigenvalue weighted by atomic mass is 10.1. The van der Waals surface area contributed by atoms with Crippen LogP contribution in [0.1, 0.15) is 23.3 Å².